The van der Waals surface area contributed by atoms with E-state index in [1.807, 2.05) is 21.0 Å². The zero-order valence-corrected chi connectivity index (χ0v) is 11.4. The Hall–Kier alpha value is -0.690. The highest BCUT2D eigenvalue weighted by Crippen LogP contribution is 2.02. The molecule has 0 spiro atoms. The van der Waals surface area contributed by atoms with Crippen molar-refractivity contribution in [2.75, 3.05) is 47.4 Å². The molecule has 0 saturated heterocycles. The van der Waals surface area contributed by atoms with Gasteiger partial charge in [-0.2, -0.15) is 0 Å². The number of methoxy groups -OCH3 is 1. The fourth-order valence-corrected chi connectivity index (χ4v) is 1.73. The Morgan fingerprint density at radius 3 is 2.47 bits per heavy atom. The van der Waals surface area contributed by atoms with Gasteiger partial charge in [0, 0.05) is 13.7 Å². The van der Waals surface area contributed by atoms with Crippen LogP contribution in [0.1, 0.15) is 13.3 Å². The largest absolute Gasteiger partial charge is 0.383 e. The van der Waals surface area contributed by atoms with E-state index >= 15 is 0 Å². The monoisotopic (exact) mass is 246 g/mol. The van der Waals surface area contributed by atoms with Crippen LogP contribution in [0.15, 0.2) is 0 Å². The van der Waals surface area contributed by atoms with Crippen molar-refractivity contribution in [1.29, 1.82) is 0 Å². The van der Waals surface area contributed by atoms with Crippen LogP contribution in [0.3, 0.4) is 0 Å². The smallest absolute Gasteiger partial charge is 0.253 e. The molecule has 0 aliphatic carbocycles. The van der Waals surface area contributed by atoms with E-state index in [-0.39, 0.29) is 11.9 Å². The van der Waals surface area contributed by atoms with Gasteiger partial charge in [0.05, 0.1) is 6.61 Å². The highest BCUT2D eigenvalue weighted by molar-refractivity contribution is 5.81. The van der Waals surface area contributed by atoms with E-state index in [1.54, 1.807) is 7.11 Å². The maximum atomic E-state index is 11.6. The van der Waals surface area contributed by atoms with E-state index in [2.05, 4.69) is 15.2 Å². The van der Waals surface area contributed by atoms with Gasteiger partial charge in [0.25, 0.3) is 5.91 Å². The van der Waals surface area contributed by atoms with Crippen molar-refractivity contribution in [2.45, 2.75) is 19.4 Å². The third-order valence-electron chi connectivity index (χ3n) is 2.67. The number of ether oxygens (including phenoxy) is 1. The molecule has 1 unspecified atom stereocenters. The van der Waals surface area contributed by atoms with Gasteiger partial charge >= 0.3 is 0 Å². The fourth-order valence-electron chi connectivity index (χ4n) is 1.73. The molecule has 0 aliphatic heterocycles. The minimum Gasteiger partial charge on any atom is -0.383 e. The van der Waals surface area contributed by atoms with Gasteiger partial charge in [0.1, 0.15) is 6.04 Å². The van der Waals surface area contributed by atoms with Gasteiger partial charge in [-0.05, 0) is 33.6 Å². The maximum absolute atomic E-state index is 11.6. The molecular formula is C11H26N4O2. The Morgan fingerprint density at radius 1 is 1.41 bits per heavy atom. The van der Waals surface area contributed by atoms with Crippen LogP contribution in [0.5, 0.6) is 0 Å². The number of hydrogen-bond acceptors (Lipinski definition) is 5. The molecule has 1 amide bonds. The number of hydrogen-bond donors (Lipinski definition) is 2. The molecule has 17 heavy (non-hydrogen) atoms. The Labute approximate surface area is 104 Å². The molecule has 0 saturated carbocycles. The number of carbonyl (C=O) groups is 1. The molecule has 0 fully saturated rings. The van der Waals surface area contributed by atoms with Crippen LogP contribution >= 0.6 is 0 Å². The highest BCUT2D eigenvalue weighted by atomic mass is 16.5. The van der Waals surface area contributed by atoms with Crippen LogP contribution in [0.4, 0.5) is 0 Å². The molecule has 0 heterocycles. The van der Waals surface area contributed by atoms with Gasteiger partial charge in [-0.25, -0.2) is 5.84 Å². The zero-order chi connectivity index (χ0) is 13.3. The molecular weight excluding hydrogens is 220 g/mol. The van der Waals surface area contributed by atoms with Gasteiger partial charge in [0.2, 0.25) is 0 Å². The third kappa shape index (κ3) is 6.58. The first-order valence-corrected chi connectivity index (χ1v) is 5.95. The summed E-state index contributed by atoms with van der Waals surface area (Å²) in [5.41, 5.74) is 2.19. The summed E-state index contributed by atoms with van der Waals surface area (Å²) >= 11 is 0. The number of rotatable bonds is 9. The summed E-state index contributed by atoms with van der Waals surface area (Å²) < 4.78 is 5.07. The van der Waals surface area contributed by atoms with E-state index in [1.165, 1.54) is 0 Å². The van der Waals surface area contributed by atoms with Gasteiger partial charge in [-0.1, -0.05) is 6.92 Å². The minimum absolute atomic E-state index is 0.196. The molecule has 1 atom stereocenters. The normalized spacial score (nSPS) is 13.1. The molecule has 102 valence electrons. The quantitative estimate of drug-likeness (QED) is 0.319. The number of nitrogens with one attached hydrogen (secondary N) is 1. The third-order valence-corrected chi connectivity index (χ3v) is 2.67. The molecule has 0 radical (unpaired) electrons. The van der Waals surface area contributed by atoms with E-state index in [9.17, 15) is 4.79 Å². The predicted molar refractivity (Wildman–Crippen MR) is 68.4 cm³/mol. The van der Waals surface area contributed by atoms with Gasteiger partial charge < -0.3 is 9.64 Å². The van der Waals surface area contributed by atoms with Crippen molar-refractivity contribution in [2.24, 2.45) is 5.84 Å². The van der Waals surface area contributed by atoms with Crippen molar-refractivity contribution in [3.8, 4) is 0 Å². The second kappa shape index (κ2) is 9.35. The van der Waals surface area contributed by atoms with Crippen molar-refractivity contribution >= 4 is 5.91 Å². The van der Waals surface area contributed by atoms with Crippen molar-refractivity contribution in [3.05, 3.63) is 0 Å². The predicted octanol–water partition coefficient (Wildman–Crippen LogP) is -0.735. The standard InChI is InChI=1S/C11H26N4O2/c1-5-15(8-6-7-14(2)3)10(9-17-4)11(16)13-12/h10H,5-9,12H2,1-4H3,(H,13,16). The summed E-state index contributed by atoms with van der Waals surface area (Å²) in [5, 5.41) is 0. The first kappa shape index (κ1) is 16.3. The van der Waals surface area contributed by atoms with Gasteiger partial charge in [-0.15, -0.1) is 0 Å². The highest BCUT2D eigenvalue weighted by Gasteiger charge is 2.23. The van der Waals surface area contributed by atoms with Crippen molar-refractivity contribution < 1.29 is 9.53 Å². The average molecular weight is 246 g/mol. The zero-order valence-electron chi connectivity index (χ0n) is 11.4. The molecule has 6 nitrogen and oxygen atoms in total. The summed E-state index contributed by atoms with van der Waals surface area (Å²) in [4.78, 5) is 15.8. The van der Waals surface area contributed by atoms with E-state index in [4.69, 9.17) is 10.6 Å². The Kier molecular flexibility index (Phi) is 8.97. The van der Waals surface area contributed by atoms with Crippen LogP contribution < -0.4 is 11.3 Å². The van der Waals surface area contributed by atoms with Crippen molar-refractivity contribution in [3.63, 3.8) is 0 Å². The van der Waals surface area contributed by atoms with Crippen LogP contribution in [-0.2, 0) is 9.53 Å². The summed E-state index contributed by atoms with van der Waals surface area (Å²) in [6.07, 6.45) is 1.01. The Bertz CT molecular complexity index is 212. The SMILES string of the molecule is CCN(CCCN(C)C)C(COC)C(=O)NN. The number of nitrogens with zero attached hydrogens (tertiary/aromatic N) is 2. The molecule has 0 aromatic rings. The number of carbonyl (C=O) groups excluding carboxylic acids is 1. The van der Waals surface area contributed by atoms with E-state index in [0.29, 0.717) is 6.61 Å². The summed E-state index contributed by atoms with van der Waals surface area (Å²) in [7, 11) is 5.66. The first-order valence-electron chi connectivity index (χ1n) is 5.95. The molecule has 6 heteroatoms. The summed E-state index contributed by atoms with van der Waals surface area (Å²) in [6, 6.07) is -0.308. The lowest BCUT2D eigenvalue weighted by molar-refractivity contribution is -0.128. The lowest BCUT2D eigenvalue weighted by Crippen LogP contribution is -2.51. The molecule has 3 N–H and O–H groups in total. The number of likely N-dealkylation sites (N-methyl/N-ethyl adjacent to an activating group) is 1. The Morgan fingerprint density at radius 2 is 2.06 bits per heavy atom. The fraction of sp³-hybridized carbons (Fsp3) is 0.909. The minimum atomic E-state index is -0.308. The van der Waals surface area contributed by atoms with Crippen LogP contribution in [0.25, 0.3) is 0 Å². The van der Waals surface area contributed by atoms with Gasteiger partial charge in [-0.3, -0.25) is 15.1 Å². The second-order valence-electron chi connectivity index (χ2n) is 4.27. The van der Waals surface area contributed by atoms with Crippen LogP contribution in [0, 0.1) is 0 Å². The topological polar surface area (TPSA) is 70.8 Å². The molecule has 0 aromatic carbocycles. The van der Waals surface area contributed by atoms with E-state index < -0.39 is 0 Å². The average Bonchev–Trinajstić information content (AvgIpc) is 2.31. The molecule has 0 bridgehead atoms. The second-order valence-corrected chi connectivity index (χ2v) is 4.27. The molecule has 0 rings (SSSR count). The van der Waals surface area contributed by atoms with Crippen LogP contribution in [-0.4, -0.2) is 69.2 Å². The maximum Gasteiger partial charge on any atom is 0.253 e. The summed E-state index contributed by atoms with van der Waals surface area (Å²) in [6.45, 7) is 5.05. The first-order chi connectivity index (χ1) is 8.06. The Balaban J connectivity index is 4.29. The van der Waals surface area contributed by atoms with E-state index in [0.717, 1.165) is 26.1 Å². The van der Waals surface area contributed by atoms with Gasteiger partial charge in [0.15, 0.2) is 0 Å². The molecule has 0 aliphatic rings. The number of hydrazine groups is 1. The lowest BCUT2D eigenvalue weighted by atomic mass is 10.2. The molecule has 0 aromatic heterocycles. The summed E-state index contributed by atoms with van der Waals surface area (Å²) in [5.74, 6) is 4.99. The number of nitrogens with two attached hydrogens (primary N) is 1. The lowest BCUT2D eigenvalue weighted by Gasteiger charge is -2.29. The number of amides is 1. The van der Waals surface area contributed by atoms with Crippen molar-refractivity contribution in [1.82, 2.24) is 15.2 Å². The van der Waals surface area contributed by atoms with Crippen LogP contribution in [0.2, 0.25) is 0 Å².